The fraction of sp³-hybridized carbons (Fsp3) is 0.0870. The third-order valence-electron chi connectivity index (χ3n) is 4.09. The summed E-state index contributed by atoms with van der Waals surface area (Å²) in [6.45, 7) is 0. The normalized spacial score (nSPS) is 10.3. The van der Waals surface area contributed by atoms with Crippen LogP contribution in [0.4, 0.5) is 0 Å². The zero-order valence-corrected chi connectivity index (χ0v) is 15.0. The highest BCUT2D eigenvalue weighted by atomic mass is 16.5. The molecule has 5 nitrogen and oxygen atoms in total. The van der Waals surface area contributed by atoms with Crippen LogP contribution in [0.1, 0.15) is 32.7 Å². The van der Waals surface area contributed by atoms with Gasteiger partial charge in [0.15, 0.2) is 5.78 Å². The van der Waals surface area contributed by atoms with E-state index in [0.29, 0.717) is 5.56 Å². The van der Waals surface area contributed by atoms with Crippen molar-refractivity contribution >= 4 is 17.5 Å². The number of ketones is 2. The second-order valence-corrected chi connectivity index (χ2v) is 6.24. The van der Waals surface area contributed by atoms with Gasteiger partial charge in [-0.2, -0.15) is 0 Å². The van der Waals surface area contributed by atoms with E-state index in [1.807, 2.05) is 30.3 Å². The molecule has 3 aromatic rings. The third-order valence-corrected chi connectivity index (χ3v) is 4.09. The summed E-state index contributed by atoms with van der Waals surface area (Å²) < 4.78 is 5.26. The van der Waals surface area contributed by atoms with Crippen molar-refractivity contribution in [1.82, 2.24) is 0 Å². The summed E-state index contributed by atoms with van der Waals surface area (Å²) in [5.74, 6) is -1.52. The molecule has 0 aliphatic carbocycles. The van der Waals surface area contributed by atoms with Gasteiger partial charge in [0.2, 0.25) is 0 Å². The van der Waals surface area contributed by atoms with Gasteiger partial charge < -0.3 is 9.84 Å². The van der Waals surface area contributed by atoms with Crippen LogP contribution in [-0.4, -0.2) is 22.6 Å². The Hall–Kier alpha value is -3.73. The Morgan fingerprint density at radius 3 is 2.14 bits per heavy atom. The van der Waals surface area contributed by atoms with Crippen LogP contribution in [0.5, 0.6) is 11.5 Å². The number of aromatic hydroxyl groups is 1. The first-order valence-corrected chi connectivity index (χ1v) is 8.72. The van der Waals surface area contributed by atoms with Gasteiger partial charge in [-0.3, -0.25) is 9.59 Å². The van der Waals surface area contributed by atoms with Crippen molar-refractivity contribution in [1.29, 1.82) is 0 Å². The van der Waals surface area contributed by atoms with Crippen LogP contribution in [0.15, 0.2) is 78.9 Å². The van der Waals surface area contributed by atoms with Crippen molar-refractivity contribution in [2.75, 3.05) is 0 Å². The molecule has 0 aliphatic rings. The second kappa shape index (κ2) is 8.77. The molecule has 0 spiro atoms. The predicted molar refractivity (Wildman–Crippen MR) is 104 cm³/mol. The lowest BCUT2D eigenvalue weighted by molar-refractivity contribution is -0.117. The number of hydrogen-bond acceptors (Lipinski definition) is 5. The topological polar surface area (TPSA) is 80.7 Å². The first-order chi connectivity index (χ1) is 13.5. The average Bonchev–Trinajstić information content (AvgIpc) is 2.70. The number of carbonyl (C=O) groups is 3. The third kappa shape index (κ3) is 4.92. The molecule has 0 bridgehead atoms. The van der Waals surface area contributed by atoms with Gasteiger partial charge in [-0.15, -0.1) is 0 Å². The maximum Gasteiger partial charge on any atom is 0.343 e. The lowest BCUT2D eigenvalue weighted by Gasteiger charge is -2.08. The van der Waals surface area contributed by atoms with E-state index >= 15 is 0 Å². The average molecular weight is 374 g/mol. The molecule has 0 radical (unpaired) electrons. The van der Waals surface area contributed by atoms with Crippen LogP contribution in [0.3, 0.4) is 0 Å². The summed E-state index contributed by atoms with van der Waals surface area (Å²) in [7, 11) is 0. The van der Waals surface area contributed by atoms with Gasteiger partial charge in [0.25, 0.3) is 0 Å². The minimum atomic E-state index is -0.579. The lowest BCUT2D eigenvalue weighted by atomic mass is 10.0. The van der Waals surface area contributed by atoms with Gasteiger partial charge >= 0.3 is 5.97 Å². The summed E-state index contributed by atoms with van der Waals surface area (Å²) in [5, 5.41) is 9.99. The number of ether oxygens (including phenoxy) is 1. The van der Waals surface area contributed by atoms with Gasteiger partial charge in [-0.25, -0.2) is 4.79 Å². The second-order valence-electron chi connectivity index (χ2n) is 6.24. The SMILES string of the molecule is O=C(CC(=O)c1cc(OC(=O)c2ccccc2)ccc1O)Cc1ccccc1. The summed E-state index contributed by atoms with van der Waals surface area (Å²) in [6.07, 6.45) is -0.214. The summed E-state index contributed by atoms with van der Waals surface area (Å²) in [6, 6.07) is 21.4. The number of esters is 1. The molecule has 0 fully saturated rings. The highest BCUT2D eigenvalue weighted by Gasteiger charge is 2.18. The van der Waals surface area contributed by atoms with Gasteiger partial charge in [0.1, 0.15) is 17.3 Å². The molecule has 0 heterocycles. The smallest absolute Gasteiger partial charge is 0.343 e. The molecule has 5 heteroatoms. The minimum absolute atomic E-state index is 0.0558. The van der Waals surface area contributed by atoms with Gasteiger partial charge in [-0.1, -0.05) is 48.5 Å². The Balaban J connectivity index is 1.69. The molecule has 3 aromatic carbocycles. The zero-order chi connectivity index (χ0) is 19.9. The Bertz CT molecular complexity index is 994. The summed E-state index contributed by atoms with van der Waals surface area (Å²) >= 11 is 0. The highest BCUT2D eigenvalue weighted by Crippen LogP contribution is 2.25. The van der Waals surface area contributed by atoms with Crippen LogP contribution >= 0.6 is 0 Å². The molecule has 1 N–H and O–H groups in total. The summed E-state index contributed by atoms with van der Waals surface area (Å²) in [5.41, 5.74) is 1.12. The fourth-order valence-corrected chi connectivity index (χ4v) is 2.70. The molecule has 3 rings (SSSR count). The van der Waals surface area contributed by atoms with Crippen LogP contribution in [-0.2, 0) is 11.2 Å². The maximum absolute atomic E-state index is 12.5. The molecule has 0 unspecified atom stereocenters. The Kier molecular flexibility index (Phi) is 5.97. The predicted octanol–water partition coefficient (Wildman–Crippen LogP) is 4.00. The number of phenols is 1. The standard InChI is InChI=1S/C23H18O5/c24-18(13-16-7-3-1-4-8-16)14-22(26)20-15-19(11-12-21(20)25)28-23(27)17-9-5-2-6-10-17/h1-12,15,25H,13-14H2. The number of carbonyl (C=O) groups excluding carboxylic acids is 3. The quantitative estimate of drug-likeness (QED) is 0.293. The number of benzene rings is 3. The van der Waals surface area contributed by atoms with E-state index < -0.39 is 11.8 Å². The first-order valence-electron chi connectivity index (χ1n) is 8.72. The fourth-order valence-electron chi connectivity index (χ4n) is 2.70. The van der Waals surface area contributed by atoms with E-state index in [0.717, 1.165) is 5.56 Å². The number of hydrogen-bond donors (Lipinski definition) is 1. The van der Waals surface area contributed by atoms with Gasteiger partial charge in [0.05, 0.1) is 17.5 Å². The van der Waals surface area contributed by atoms with Crippen molar-refractivity contribution in [3.63, 3.8) is 0 Å². The molecular formula is C23H18O5. The number of rotatable bonds is 7. The van der Waals surface area contributed by atoms with E-state index in [2.05, 4.69) is 0 Å². The largest absolute Gasteiger partial charge is 0.507 e. The Morgan fingerprint density at radius 2 is 1.46 bits per heavy atom. The van der Waals surface area contributed by atoms with Crippen LogP contribution in [0.25, 0.3) is 0 Å². The highest BCUT2D eigenvalue weighted by molar-refractivity contribution is 6.10. The molecule has 0 aromatic heterocycles. The van der Waals surface area contributed by atoms with Crippen LogP contribution in [0, 0.1) is 0 Å². The van der Waals surface area contributed by atoms with Crippen molar-refractivity contribution < 1.29 is 24.2 Å². The van der Waals surface area contributed by atoms with Crippen LogP contribution in [0.2, 0.25) is 0 Å². The van der Waals surface area contributed by atoms with E-state index in [9.17, 15) is 19.5 Å². The van der Waals surface area contributed by atoms with Crippen molar-refractivity contribution in [3.8, 4) is 11.5 Å². The Morgan fingerprint density at radius 1 is 0.821 bits per heavy atom. The first kappa shape index (κ1) is 19.0. The Labute approximate surface area is 162 Å². The van der Waals surface area contributed by atoms with E-state index in [1.165, 1.54) is 18.2 Å². The molecule has 140 valence electrons. The molecule has 28 heavy (non-hydrogen) atoms. The maximum atomic E-state index is 12.5. The molecule has 0 saturated carbocycles. The van der Waals surface area contributed by atoms with Crippen molar-refractivity contribution in [2.24, 2.45) is 0 Å². The van der Waals surface area contributed by atoms with Crippen molar-refractivity contribution in [2.45, 2.75) is 12.8 Å². The summed E-state index contributed by atoms with van der Waals surface area (Å²) in [4.78, 5) is 36.8. The van der Waals surface area contributed by atoms with E-state index in [1.54, 1.807) is 30.3 Å². The lowest BCUT2D eigenvalue weighted by Crippen LogP contribution is -2.12. The molecule has 0 atom stereocenters. The monoisotopic (exact) mass is 374 g/mol. The van der Waals surface area contributed by atoms with E-state index in [4.69, 9.17) is 4.74 Å². The van der Waals surface area contributed by atoms with Crippen LogP contribution < -0.4 is 4.74 Å². The number of Topliss-reactive ketones (excluding diaryl/α,β-unsaturated/α-hetero) is 2. The molecular weight excluding hydrogens is 356 g/mol. The molecule has 0 amide bonds. The molecule has 0 aliphatic heterocycles. The minimum Gasteiger partial charge on any atom is -0.507 e. The molecule has 0 saturated heterocycles. The zero-order valence-electron chi connectivity index (χ0n) is 15.0. The van der Waals surface area contributed by atoms with Gasteiger partial charge in [-0.05, 0) is 35.9 Å². The van der Waals surface area contributed by atoms with Crippen molar-refractivity contribution in [3.05, 3.63) is 95.6 Å². The number of phenolic OH excluding ortho intramolecular Hbond substituents is 1. The van der Waals surface area contributed by atoms with Gasteiger partial charge in [0, 0.05) is 6.42 Å². The van der Waals surface area contributed by atoms with E-state index in [-0.39, 0.29) is 35.7 Å².